The first kappa shape index (κ1) is 15.0. The lowest BCUT2D eigenvalue weighted by Crippen LogP contribution is -2.41. The number of aromatic hydroxyl groups is 1. The lowest BCUT2D eigenvalue weighted by atomic mass is 10.0. The molecule has 3 heteroatoms. The summed E-state index contributed by atoms with van der Waals surface area (Å²) in [6.45, 7) is 8.03. The number of aryl methyl sites for hydroxylation is 1. The van der Waals surface area contributed by atoms with Crippen molar-refractivity contribution < 1.29 is 5.11 Å². The first-order valence-corrected chi connectivity index (χ1v) is 6.58. The molecule has 1 aromatic rings. The van der Waals surface area contributed by atoms with Gasteiger partial charge in [-0.3, -0.25) is 0 Å². The highest BCUT2D eigenvalue weighted by Crippen LogP contribution is 2.21. The van der Waals surface area contributed by atoms with Gasteiger partial charge in [-0.2, -0.15) is 0 Å². The van der Waals surface area contributed by atoms with Crippen LogP contribution in [-0.4, -0.2) is 36.7 Å². The number of rotatable bonds is 6. The van der Waals surface area contributed by atoms with E-state index in [-0.39, 0.29) is 0 Å². The van der Waals surface area contributed by atoms with Gasteiger partial charge in [-0.15, -0.1) is 0 Å². The number of nitrogens with one attached hydrogen (secondary N) is 1. The Hall–Kier alpha value is -1.06. The highest BCUT2D eigenvalue weighted by Gasteiger charge is 2.15. The molecule has 2 N–H and O–H groups in total. The Morgan fingerprint density at radius 3 is 2.50 bits per heavy atom. The molecule has 18 heavy (non-hydrogen) atoms. The van der Waals surface area contributed by atoms with E-state index in [1.807, 2.05) is 25.1 Å². The standard InChI is InChI=1S/C15H26N2O/c1-11(2)14(17(4)5)10-16-9-13-8-6-7-12(3)15(13)18/h6-8,11,14,16,18H,9-10H2,1-5H3. The fourth-order valence-electron chi connectivity index (χ4n) is 2.23. The Labute approximate surface area is 111 Å². The number of hydrogen-bond acceptors (Lipinski definition) is 3. The third-order valence-corrected chi connectivity index (χ3v) is 3.42. The molecule has 1 aromatic carbocycles. The monoisotopic (exact) mass is 250 g/mol. The van der Waals surface area contributed by atoms with Crippen LogP contribution in [0.4, 0.5) is 0 Å². The smallest absolute Gasteiger partial charge is 0.122 e. The van der Waals surface area contributed by atoms with Crippen LogP contribution in [0.3, 0.4) is 0 Å². The minimum absolute atomic E-state index is 0.413. The molecular formula is C15H26N2O. The summed E-state index contributed by atoms with van der Waals surface area (Å²) in [5.41, 5.74) is 1.90. The minimum atomic E-state index is 0.413. The number of phenols is 1. The Morgan fingerprint density at radius 1 is 1.28 bits per heavy atom. The van der Waals surface area contributed by atoms with Crippen molar-refractivity contribution in [2.45, 2.75) is 33.4 Å². The Balaban J connectivity index is 2.53. The maximum Gasteiger partial charge on any atom is 0.122 e. The zero-order valence-electron chi connectivity index (χ0n) is 12.2. The van der Waals surface area contributed by atoms with Crippen LogP contribution in [0.25, 0.3) is 0 Å². The van der Waals surface area contributed by atoms with Gasteiger partial charge in [0.25, 0.3) is 0 Å². The quantitative estimate of drug-likeness (QED) is 0.813. The summed E-state index contributed by atoms with van der Waals surface area (Å²) in [5.74, 6) is 1.02. The van der Waals surface area contributed by atoms with Gasteiger partial charge in [-0.05, 0) is 32.5 Å². The average molecular weight is 250 g/mol. The summed E-state index contributed by atoms with van der Waals surface area (Å²) < 4.78 is 0. The van der Waals surface area contributed by atoms with Crippen molar-refractivity contribution >= 4 is 0 Å². The summed E-state index contributed by atoms with van der Waals surface area (Å²) in [6.07, 6.45) is 0. The number of benzene rings is 1. The van der Waals surface area contributed by atoms with E-state index in [9.17, 15) is 5.11 Å². The molecule has 1 unspecified atom stereocenters. The molecular weight excluding hydrogens is 224 g/mol. The number of likely N-dealkylation sites (N-methyl/N-ethyl adjacent to an activating group) is 1. The maximum absolute atomic E-state index is 9.93. The second kappa shape index (κ2) is 6.76. The van der Waals surface area contributed by atoms with Crippen molar-refractivity contribution in [1.29, 1.82) is 0 Å². The zero-order chi connectivity index (χ0) is 13.7. The normalized spacial score (nSPS) is 13.3. The van der Waals surface area contributed by atoms with Crippen molar-refractivity contribution in [3.8, 4) is 5.75 Å². The van der Waals surface area contributed by atoms with E-state index in [4.69, 9.17) is 0 Å². The Bertz CT molecular complexity index is 367. The number of phenolic OH excluding ortho intramolecular Hbond substituents is 1. The summed E-state index contributed by atoms with van der Waals surface area (Å²) in [4.78, 5) is 2.24. The first-order valence-electron chi connectivity index (χ1n) is 6.58. The Morgan fingerprint density at radius 2 is 1.94 bits per heavy atom. The van der Waals surface area contributed by atoms with Crippen LogP contribution in [0, 0.1) is 12.8 Å². The predicted octanol–water partition coefficient (Wildman–Crippen LogP) is 2.38. The largest absolute Gasteiger partial charge is 0.507 e. The van der Waals surface area contributed by atoms with Crippen molar-refractivity contribution in [2.75, 3.05) is 20.6 Å². The van der Waals surface area contributed by atoms with Gasteiger partial charge in [-0.1, -0.05) is 32.0 Å². The molecule has 1 atom stereocenters. The summed E-state index contributed by atoms with van der Waals surface area (Å²) >= 11 is 0. The van der Waals surface area contributed by atoms with Gasteiger partial charge in [-0.25, -0.2) is 0 Å². The molecule has 0 saturated heterocycles. The number of para-hydroxylation sites is 1. The maximum atomic E-state index is 9.93. The van der Waals surface area contributed by atoms with Crippen LogP contribution in [0.1, 0.15) is 25.0 Å². The predicted molar refractivity (Wildman–Crippen MR) is 76.9 cm³/mol. The van der Waals surface area contributed by atoms with Gasteiger partial charge in [0, 0.05) is 24.7 Å². The van der Waals surface area contributed by atoms with Crippen LogP contribution >= 0.6 is 0 Å². The van der Waals surface area contributed by atoms with E-state index in [1.165, 1.54) is 0 Å². The molecule has 0 aliphatic carbocycles. The number of nitrogens with zero attached hydrogens (tertiary/aromatic N) is 1. The lowest BCUT2D eigenvalue weighted by Gasteiger charge is -2.28. The van der Waals surface area contributed by atoms with Crippen molar-refractivity contribution in [1.82, 2.24) is 10.2 Å². The molecule has 0 amide bonds. The van der Waals surface area contributed by atoms with Crippen LogP contribution in [-0.2, 0) is 6.54 Å². The second-order valence-corrected chi connectivity index (χ2v) is 5.49. The van der Waals surface area contributed by atoms with Gasteiger partial charge < -0.3 is 15.3 Å². The van der Waals surface area contributed by atoms with E-state index in [2.05, 4.69) is 38.2 Å². The van der Waals surface area contributed by atoms with Gasteiger partial charge in [0.15, 0.2) is 0 Å². The molecule has 102 valence electrons. The average Bonchev–Trinajstić information content (AvgIpc) is 2.28. The van der Waals surface area contributed by atoms with Crippen LogP contribution < -0.4 is 5.32 Å². The second-order valence-electron chi connectivity index (χ2n) is 5.49. The van der Waals surface area contributed by atoms with Gasteiger partial charge in [0.1, 0.15) is 5.75 Å². The van der Waals surface area contributed by atoms with Crippen LogP contribution in [0.2, 0.25) is 0 Å². The zero-order valence-corrected chi connectivity index (χ0v) is 12.2. The molecule has 0 heterocycles. The van der Waals surface area contributed by atoms with Gasteiger partial charge in [0.05, 0.1) is 0 Å². The van der Waals surface area contributed by atoms with E-state index in [0.29, 0.717) is 24.3 Å². The van der Waals surface area contributed by atoms with Gasteiger partial charge in [0.2, 0.25) is 0 Å². The highest BCUT2D eigenvalue weighted by atomic mass is 16.3. The molecule has 3 nitrogen and oxygen atoms in total. The summed E-state index contributed by atoms with van der Waals surface area (Å²) in [5, 5.41) is 13.4. The highest BCUT2D eigenvalue weighted by molar-refractivity contribution is 5.39. The fourth-order valence-corrected chi connectivity index (χ4v) is 2.23. The SMILES string of the molecule is Cc1cccc(CNCC(C(C)C)N(C)C)c1O. The number of hydrogen-bond donors (Lipinski definition) is 2. The molecule has 0 fully saturated rings. The minimum Gasteiger partial charge on any atom is -0.507 e. The van der Waals surface area contributed by atoms with E-state index >= 15 is 0 Å². The van der Waals surface area contributed by atoms with Crippen molar-refractivity contribution in [3.63, 3.8) is 0 Å². The summed E-state index contributed by atoms with van der Waals surface area (Å²) in [6, 6.07) is 6.39. The molecule has 0 spiro atoms. The van der Waals surface area contributed by atoms with Crippen LogP contribution in [0.5, 0.6) is 5.75 Å². The van der Waals surface area contributed by atoms with Crippen LogP contribution in [0.15, 0.2) is 18.2 Å². The third kappa shape index (κ3) is 4.00. The van der Waals surface area contributed by atoms with E-state index in [1.54, 1.807) is 0 Å². The molecule has 0 bridgehead atoms. The molecule has 1 rings (SSSR count). The Kier molecular flexibility index (Phi) is 5.63. The molecule has 0 aromatic heterocycles. The molecule has 0 aliphatic heterocycles. The first-order chi connectivity index (χ1) is 8.43. The molecule has 0 saturated carbocycles. The molecule has 0 aliphatic rings. The fraction of sp³-hybridized carbons (Fsp3) is 0.600. The summed E-state index contributed by atoms with van der Waals surface area (Å²) in [7, 11) is 4.22. The lowest BCUT2D eigenvalue weighted by molar-refractivity contribution is 0.224. The van der Waals surface area contributed by atoms with E-state index in [0.717, 1.165) is 17.7 Å². The van der Waals surface area contributed by atoms with Crippen molar-refractivity contribution in [2.24, 2.45) is 5.92 Å². The van der Waals surface area contributed by atoms with Crippen molar-refractivity contribution in [3.05, 3.63) is 29.3 Å². The van der Waals surface area contributed by atoms with Gasteiger partial charge >= 0.3 is 0 Å². The molecule has 0 radical (unpaired) electrons. The topological polar surface area (TPSA) is 35.5 Å². The van der Waals surface area contributed by atoms with E-state index < -0.39 is 0 Å². The third-order valence-electron chi connectivity index (χ3n) is 3.42.